The van der Waals surface area contributed by atoms with Crippen molar-refractivity contribution in [2.75, 3.05) is 11.9 Å². The molecule has 1 amide bonds. The summed E-state index contributed by atoms with van der Waals surface area (Å²) in [6.45, 7) is 6.04. The fourth-order valence-electron chi connectivity index (χ4n) is 1.62. The molecule has 0 saturated heterocycles. The highest BCUT2D eigenvalue weighted by Gasteiger charge is 2.16. The summed E-state index contributed by atoms with van der Waals surface area (Å²) in [4.78, 5) is 12.0. The summed E-state index contributed by atoms with van der Waals surface area (Å²) < 4.78 is 0. The van der Waals surface area contributed by atoms with E-state index in [1.165, 1.54) is 0 Å². The molecule has 2 N–H and O–H groups in total. The smallest absolute Gasteiger partial charge is 0.224 e. The molecule has 0 aliphatic rings. The Morgan fingerprint density at radius 2 is 2.10 bits per heavy atom. The van der Waals surface area contributed by atoms with Gasteiger partial charge in [-0.05, 0) is 23.6 Å². The van der Waals surface area contributed by atoms with Gasteiger partial charge in [0.2, 0.25) is 5.91 Å². The summed E-state index contributed by atoms with van der Waals surface area (Å²) in [5, 5.41) is 12.1. The lowest BCUT2D eigenvalue weighted by Gasteiger charge is -2.17. The monoisotopic (exact) mass is 293 g/mol. The molecule has 1 rings (SSSR count). The summed E-state index contributed by atoms with van der Waals surface area (Å²) in [5.41, 5.74) is 1.23. The summed E-state index contributed by atoms with van der Waals surface area (Å²) in [7, 11) is 0. The lowest BCUT2D eigenvalue weighted by atomic mass is 9.92. The number of hydrogen-bond donors (Lipinski definition) is 2. The van der Waals surface area contributed by atoms with Crippen molar-refractivity contribution in [2.45, 2.75) is 33.6 Å². The number of nitrogens with one attached hydrogen (secondary N) is 1. The molecular formula is C16H20ClNO2. The average molecular weight is 294 g/mol. The van der Waals surface area contributed by atoms with Crippen molar-refractivity contribution in [3.63, 3.8) is 0 Å². The van der Waals surface area contributed by atoms with Gasteiger partial charge in [0.1, 0.15) is 0 Å². The van der Waals surface area contributed by atoms with Crippen LogP contribution in [-0.4, -0.2) is 17.6 Å². The van der Waals surface area contributed by atoms with Gasteiger partial charge in [-0.25, -0.2) is 0 Å². The van der Waals surface area contributed by atoms with Crippen LogP contribution in [0.1, 0.15) is 39.2 Å². The number of aliphatic hydroxyl groups excluding tert-OH is 1. The predicted octanol–water partition coefficient (Wildman–Crippen LogP) is 3.45. The molecule has 3 nitrogen and oxygen atoms in total. The lowest BCUT2D eigenvalue weighted by molar-refractivity contribution is -0.117. The largest absolute Gasteiger partial charge is 0.395 e. The summed E-state index contributed by atoms with van der Waals surface area (Å²) in [5.74, 6) is 5.70. The van der Waals surface area contributed by atoms with Gasteiger partial charge in [0.15, 0.2) is 0 Å². The number of benzene rings is 1. The molecule has 0 unspecified atom stereocenters. The third kappa shape index (κ3) is 6.10. The topological polar surface area (TPSA) is 49.3 Å². The normalized spacial score (nSPS) is 10.7. The highest BCUT2D eigenvalue weighted by molar-refractivity contribution is 6.31. The molecule has 0 bridgehead atoms. The first-order valence-corrected chi connectivity index (χ1v) is 6.89. The lowest BCUT2D eigenvalue weighted by Crippen LogP contribution is -2.20. The molecule has 0 fully saturated rings. The molecule has 0 heterocycles. The molecular weight excluding hydrogens is 274 g/mol. The van der Waals surface area contributed by atoms with Gasteiger partial charge in [0.05, 0.1) is 12.3 Å². The van der Waals surface area contributed by atoms with Crippen LogP contribution >= 0.6 is 11.6 Å². The van der Waals surface area contributed by atoms with Gasteiger partial charge in [-0.3, -0.25) is 4.79 Å². The zero-order valence-corrected chi connectivity index (χ0v) is 12.8. The third-order valence-electron chi connectivity index (χ3n) is 2.41. The minimum atomic E-state index is -0.0780. The molecule has 0 atom stereocenters. The van der Waals surface area contributed by atoms with Gasteiger partial charge in [0.25, 0.3) is 0 Å². The van der Waals surface area contributed by atoms with E-state index in [1.54, 1.807) is 18.2 Å². The van der Waals surface area contributed by atoms with Crippen LogP contribution in [0.4, 0.5) is 5.69 Å². The van der Waals surface area contributed by atoms with E-state index in [0.29, 0.717) is 29.1 Å². The molecule has 108 valence electrons. The molecule has 0 radical (unpaired) electrons. The van der Waals surface area contributed by atoms with E-state index in [9.17, 15) is 4.79 Å². The highest BCUT2D eigenvalue weighted by Crippen LogP contribution is 2.23. The quantitative estimate of drug-likeness (QED) is 0.839. The molecule has 20 heavy (non-hydrogen) atoms. The molecule has 1 aromatic carbocycles. The Morgan fingerprint density at radius 3 is 2.70 bits per heavy atom. The standard InChI is InChI=1S/C16H20ClNO2/c1-16(2,3)11-15(20)18-14-10-13(17)8-7-12(14)6-4-5-9-19/h7-8,10,19H,5,9,11H2,1-3H3,(H,18,20). The Hall–Kier alpha value is -1.50. The number of rotatable bonds is 3. The van der Waals surface area contributed by atoms with Crippen LogP contribution in [-0.2, 0) is 4.79 Å². The Morgan fingerprint density at radius 1 is 1.40 bits per heavy atom. The van der Waals surface area contributed by atoms with Crippen molar-refractivity contribution >= 4 is 23.2 Å². The zero-order chi connectivity index (χ0) is 15.2. The van der Waals surface area contributed by atoms with Crippen LogP contribution in [0.3, 0.4) is 0 Å². The first-order chi connectivity index (χ1) is 9.31. The second-order valence-corrected chi connectivity index (χ2v) is 6.19. The fourth-order valence-corrected chi connectivity index (χ4v) is 1.79. The first-order valence-electron chi connectivity index (χ1n) is 6.51. The number of aliphatic hydroxyl groups is 1. The maximum Gasteiger partial charge on any atom is 0.224 e. The molecule has 0 saturated carbocycles. The van der Waals surface area contributed by atoms with Crippen LogP contribution in [0.25, 0.3) is 0 Å². The number of hydrogen-bond acceptors (Lipinski definition) is 2. The van der Waals surface area contributed by atoms with E-state index in [0.717, 1.165) is 0 Å². The van der Waals surface area contributed by atoms with Gasteiger partial charge in [0, 0.05) is 23.4 Å². The number of anilines is 1. The first kappa shape index (κ1) is 16.6. The summed E-state index contributed by atoms with van der Waals surface area (Å²) in [6, 6.07) is 5.18. The molecule has 1 aromatic rings. The Balaban J connectivity index is 2.90. The minimum absolute atomic E-state index is 0.0201. The van der Waals surface area contributed by atoms with Crippen molar-refractivity contribution in [1.29, 1.82) is 0 Å². The number of amides is 1. The SMILES string of the molecule is CC(C)(C)CC(=O)Nc1cc(Cl)ccc1C#CCCO. The molecule has 0 aromatic heterocycles. The van der Waals surface area contributed by atoms with Crippen LogP contribution in [0.2, 0.25) is 5.02 Å². The van der Waals surface area contributed by atoms with Crippen molar-refractivity contribution in [1.82, 2.24) is 0 Å². The van der Waals surface area contributed by atoms with Gasteiger partial charge in [-0.2, -0.15) is 0 Å². The van der Waals surface area contributed by atoms with Crippen LogP contribution in [0, 0.1) is 17.3 Å². The number of carbonyl (C=O) groups is 1. The maximum absolute atomic E-state index is 12.0. The van der Waals surface area contributed by atoms with Crippen LogP contribution in [0.5, 0.6) is 0 Å². The number of carbonyl (C=O) groups excluding carboxylic acids is 1. The van der Waals surface area contributed by atoms with Crippen LogP contribution in [0.15, 0.2) is 18.2 Å². The van der Waals surface area contributed by atoms with Gasteiger partial charge in [-0.1, -0.05) is 44.2 Å². The molecule has 0 aliphatic heterocycles. The third-order valence-corrected chi connectivity index (χ3v) is 2.64. The minimum Gasteiger partial charge on any atom is -0.395 e. The Kier molecular flexibility index (Phi) is 6.06. The highest BCUT2D eigenvalue weighted by atomic mass is 35.5. The maximum atomic E-state index is 12.0. The van der Waals surface area contributed by atoms with Crippen molar-refractivity contribution in [3.8, 4) is 11.8 Å². The van der Waals surface area contributed by atoms with E-state index < -0.39 is 0 Å². The van der Waals surface area contributed by atoms with E-state index >= 15 is 0 Å². The predicted molar refractivity (Wildman–Crippen MR) is 82.7 cm³/mol. The zero-order valence-electron chi connectivity index (χ0n) is 12.1. The number of halogens is 1. The van der Waals surface area contributed by atoms with E-state index in [1.807, 2.05) is 20.8 Å². The van der Waals surface area contributed by atoms with Crippen molar-refractivity contribution in [3.05, 3.63) is 28.8 Å². The van der Waals surface area contributed by atoms with Gasteiger partial charge in [-0.15, -0.1) is 0 Å². The van der Waals surface area contributed by atoms with Crippen LogP contribution < -0.4 is 5.32 Å². The molecule has 4 heteroatoms. The second kappa shape index (κ2) is 7.33. The molecule has 0 spiro atoms. The summed E-state index contributed by atoms with van der Waals surface area (Å²) >= 11 is 5.96. The second-order valence-electron chi connectivity index (χ2n) is 5.75. The Bertz CT molecular complexity index is 536. The molecule has 0 aliphatic carbocycles. The van der Waals surface area contributed by atoms with Gasteiger partial charge >= 0.3 is 0 Å². The van der Waals surface area contributed by atoms with Crippen molar-refractivity contribution < 1.29 is 9.90 Å². The Labute approximate surface area is 125 Å². The van der Waals surface area contributed by atoms with E-state index in [-0.39, 0.29) is 17.9 Å². The van der Waals surface area contributed by atoms with Crippen molar-refractivity contribution in [2.24, 2.45) is 5.41 Å². The fraction of sp³-hybridized carbons (Fsp3) is 0.438. The van der Waals surface area contributed by atoms with Gasteiger partial charge < -0.3 is 10.4 Å². The van der Waals surface area contributed by atoms with E-state index in [2.05, 4.69) is 17.2 Å². The van der Waals surface area contributed by atoms with E-state index in [4.69, 9.17) is 16.7 Å². The summed E-state index contributed by atoms with van der Waals surface area (Å²) in [6.07, 6.45) is 0.820. The average Bonchev–Trinajstić information content (AvgIpc) is 2.29.